The molecule has 1 saturated heterocycles. The van der Waals surface area contributed by atoms with Crippen LogP contribution < -0.4 is 5.32 Å². The van der Waals surface area contributed by atoms with E-state index in [9.17, 15) is 0 Å². The predicted molar refractivity (Wildman–Crippen MR) is 60.9 cm³/mol. The third-order valence-electron chi connectivity index (χ3n) is 3.19. The zero-order valence-electron chi connectivity index (χ0n) is 8.70. The van der Waals surface area contributed by atoms with Crippen molar-refractivity contribution in [2.24, 2.45) is 0 Å². The molecule has 2 aromatic rings. The first-order valence-corrected chi connectivity index (χ1v) is 5.62. The summed E-state index contributed by atoms with van der Waals surface area (Å²) in [5, 5.41) is 4.79. The van der Waals surface area contributed by atoms with Gasteiger partial charge in [-0.3, -0.25) is 0 Å². The van der Waals surface area contributed by atoms with Crippen LogP contribution in [0, 0.1) is 0 Å². The highest BCUT2D eigenvalue weighted by Gasteiger charge is 2.16. The third-order valence-corrected chi connectivity index (χ3v) is 3.19. The molecular weight excluding hydrogens is 186 g/mol. The highest BCUT2D eigenvalue weighted by molar-refractivity contribution is 5.80. The number of para-hydroxylation sites is 1. The van der Waals surface area contributed by atoms with Gasteiger partial charge in [-0.1, -0.05) is 18.2 Å². The predicted octanol–water partition coefficient (Wildman–Crippen LogP) is 2.73. The summed E-state index contributed by atoms with van der Waals surface area (Å²) in [5.41, 5.74) is 2.34. The molecule has 1 aromatic heterocycles. The molecule has 15 heavy (non-hydrogen) atoms. The van der Waals surface area contributed by atoms with Crippen molar-refractivity contribution in [3.8, 4) is 0 Å². The van der Waals surface area contributed by atoms with Gasteiger partial charge in [0, 0.05) is 11.4 Å². The fourth-order valence-corrected chi connectivity index (χ4v) is 2.39. The Labute approximate surface area is 89.3 Å². The fourth-order valence-electron chi connectivity index (χ4n) is 2.39. The number of hydrogen-bond donors (Lipinski definition) is 1. The molecule has 1 fully saturated rings. The van der Waals surface area contributed by atoms with E-state index in [0.717, 1.165) is 12.0 Å². The normalized spacial score (nSPS) is 21.2. The van der Waals surface area contributed by atoms with Gasteiger partial charge in [0.1, 0.15) is 5.58 Å². The van der Waals surface area contributed by atoms with Crippen molar-refractivity contribution < 1.29 is 4.42 Å². The summed E-state index contributed by atoms with van der Waals surface area (Å²) in [5.74, 6) is 0. The van der Waals surface area contributed by atoms with Crippen LogP contribution in [0.25, 0.3) is 11.0 Å². The number of fused-ring (bicyclic) bond motifs is 1. The number of benzene rings is 1. The van der Waals surface area contributed by atoms with Crippen LogP contribution in [0.1, 0.15) is 18.4 Å². The third kappa shape index (κ3) is 1.65. The standard InChI is InChI=1S/C13H15NO/c1-2-6-13-12(5-1)10(9-15-13)8-11-4-3-7-14-11/h1-2,5-6,9,11,14H,3-4,7-8H2/t11-/m0/s1. The molecule has 3 rings (SSSR count). The summed E-state index contributed by atoms with van der Waals surface area (Å²) >= 11 is 0. The monoisotopic (exact) mass is 201 g/mol. The zero-order valence-corrected chi connectivity index (χ0v) is 8.70. The van der Waals surface area contributed by atoms with Gasteiger partial charge in [-0.05, 0) is 37.4 Å². The topological polar surface area (TPSA) is 25.2 Å². The van der Waals surface area contributed by atoms with E-state index in [2.05, 4.69) is 17.4 Å². The van der Waals surface area contributed by atoms with E-state index in [1.165, 1.54) is 30.3 Å². The lowest BCUT2D eigenvalue weighted by molar-refractivity contribution is 0.580. The van der Waals surface area contributed by atoms with Gasteiger partial charge in [-0.2, -0.15) is 0 Å². The number of rotatable bonds is 2. The Balaban J connectivity index is 1.90. The molecule has 0 unspecified atom stereocenters. The first-order chi connectivity index (χ1) is 7.43. The highest BCUT2D eigenvalue weighted by atomic mass is 16.3. The molecule has 1 aliphatic rings. The zero-order chi connectivity index (χ0) is 10.1. The van der Waals surface area contributed by atoms with E-state index >= 15 is 0 Å². The molecule has 78 valence electrons. The molecule has 1 atom stereocenters. The maximum atomic E-state index is 5.53. The van der Waals surface area contributed by atoms with E-state index < -0.39 is 0 Å². The molecular formula is C13H15NO. The summed E-state index contributed by atoms with van der Waals surface area (Å²) < 4.78 is 5.53. The van der Waals surface area contributed by atoms with Gasteiger partial charge >= 0.3 is 0 Å². The van der Waals surface area contributed by atoms with Crippen molar-refractivity contribution >= 4 is 11.0 Å². The summed E-state index contributed by atoms with van der Waals surface area (Å²) in [6.07, 6.45) is 5.60. The molecule has 1 N–H and O–H groups in total. The molecule has 2 nitrogen and oxygen atoms in total. The van der Waals surface area contributed by atoms with Gasteiger partial charge in [-0.15, -0.1) is 0 Å². The number of hydrogen-bond acceptors (Lipinski definition) is 2. The summed E-state index contributed by atoms with van der Waals surface area (Å²) in [7, 11) is 0. The van der Waals surface area contributed by atoms with Crippen molar-refractivity contribution in [3.63, 3.8) is 0 Å². The molecule has 1 aliphatic heterocycles. The Hall–Kier alpha value is -1.28. The maximum Gasteiger partial charge on any atom is 0.134 e. The van der Waals surface area contributed by atoms with Crippen molar-refractivity contribution in [3.05, 3.63) is 36.1 Å². The lowest BCUT2D eigenvalue weighted by Gasteiger charge is -2.07. The Morgan fingerprint density at radius 2 is 2.27 bits per heavy atom. The maximum absolute atomic E-state index is 5.53. The van der Waals surface area contributed by atoms with Crippen molar-refractivity contribution in [2.75, 3.05) is 6.54 Å². The van der Waals surface area contributed by atoms with Crippen LogP contribution in [0.15, 0.2) is 34.9 Å². The van der Waals surface area contributed by atoms with Gasteiger partial charge in [0.25, 0.3) is 0 Å². The smallest absolute Gasteiger partial charge is 0.134 e. The average molecular weight is 201 g/mol. The van der Waals surface area contributed by atoms with Gasteiger partial charge < -0.3 is 9.73 Å². The van der Waals surface area contributed by atoms with Crippen LogP contribution in [-0.2, 0) is 6.42 Å². The number of nitrogens with one attached hydrogen (secondary N) is 1. The first kappa shape index (κ1) is 8.98. The van der Waals surface area contributed by atoms with E-state index in [4.69, 9.17) is 4.42 Å². The van der Waals surface area contributed by atoms with Crippen molar-refractivity contribution in [2.45, 2.75) is 25.3 Å². The van der Waals surface area contributed by atoms with E-state index in [-0.39, 0.29) is 0 Å². The molecule has 0 aliphatic carbocycles. The van der Waals surface area contributed by atoms with Crippen LogP contribution in [-0.4, -0.2) is 12.6 Å². The Bertz CT molecular complexity index is 454. The van der Waals surface area contributed by atoms with E-state index in [1.807, 2.05) is 18.4 Å². The summed E-state index contributed by atoms with van der Waals surface area (Å²) in [6, 6.07) is 8.91. The quantitative estimate of drug-likeness (QED) is 0.808. The van der Waals surface area contributed by atoms with Crippen molar-refractivity contribution in [1.82, 2.24) is 5.32 Å². The van der Waals surface area contributed by atoms with Crippen LogP contribution in [0.5, 0.6) is 0 Å². The minimum absolute atomic E-state index is 0.644. The molecule has 2 heteroatoms. The van der Waals surface area contributed by atoms with E-state index in [1.54, 1.807) is 0 Å². The average Bonchev–Trinajstić information content (AvgIpc) is 2.89. The summed E-state index contributed by atoms with van der Waals surface area (Å²) in [4.78, 5) is 0. The second-order valence-electron chi connectivity index (χ2n) is 4.25. The first-order valence-electron chi connectivity index (χ1n) is 5.62. The van der Waals surface area contributed by atoms with Crippen molar-refractivity contribution in [1.29, 1.82) is 0 Å². The Kier molecular flexibility index (Phi) is 2.22. The lowest BCUT2D eigenvalue weighted by Crippen LogP contribution is -2.23. The van der Waals surface area contributed by atoms with Gasteiger partial charge in [0.05, 0.1) is 6.26 Å². The Morgan fingerprint density at radius 3 is 3.13 bits per heavy atom. The minimum atomic E-state index is 0.644. The van der Waals surface area contributed by atoms with E-state index in [0.29, 0.717) is 6.04 Å². The molecule has 0 bridgehead atoms. The molecule has 1 aromatic carbocycles. The second-order valence-corrected chi connectivity index (χ2v) is 4.25. The fraction of sp³-hybridized carbons (Fsp3) is 0.385. The molecule has 0 saturated carbocycles. The van der Waals surface area contributed by atoms with Gasteiger partial charge in [0.15, 0.2) is 0 Å². The SMILES string of the molecule is c1ccc2c(C[C@@H]3CCCN3)coc2c1. The molecule has 0 radical (unpaired) electrons. The molecule has 2 heterocycles. The minimum Gasteiger partial charge on any atom is -0.464 e. The van der Waals surface area contributed by atoms with Crippen LogP contribution in [0.2, 0.25) is 0 Å². The second kappa shape index (κ2) is 3.70. The van der Waals surface area contributed by atoms with Gasteiger partial charge in [-0.25, -0.2) is 0 Å². The number of furan rings is 1. The van der Waals surface area contributed by atoms with Gasteiger partial charge in [0.2, 0.25) is 0 Å². The summed E-state index contributed by atoms with van der Waals surface area (Å²) in [6.45, 7) is 1.17. The van der Waals surface area contributed by atoms with Crippen LogP contribution in [0.3, 0.4) is 0 Å². The lowest BCUT2D eigenvalue weighted by atomic mass is 10.0. The Morgan fingerprint density at radius 1 is 1.33 bits per heavy atom. The molecule has 0 amide bonds. The largest absolute Gasteiger partial charge is 0.464 e. The molecule has 0 spiro atoms. The van der Waals surface area contributed by atoms with Crippen LogP contribution in [0.4, 0.5) is 0 Å². The highest BCUT2D eigenvalue weighted by Crippen LogP contribution is 2.23. The van der Waals surface area contributed by atoms with Crippen LogP contribution >= 0.6 is 0 Å².